The molecule has 0 aliphatic rings. The van der Waals surface area contributed by atoms with Crippen molar-refractivity contribution in [1.29, 1.82) is 0 Å². The molecule has 0 saturated heterocycles. The smallest absolute Gasteiger partial charge is 0.0814 e. The van der Waals surface area contributed by atoms with Gasteiger partial charge in [-0.15, -0.1) is 0 Å². The summed E-state index contributed by atoms with van der Waals surface area (Å²) in [5, 5.41) is 0. The lowest BCUT2D eigenvalue weighted by atomic mass is 10.1. The van der Waals surface area contributed by atoms with E-state index < -0.39 is 0 Å². The predicted octanol–water partition coefficient (Wildman–Crippen LogP) is 7.33. The third kappa shape index (κ3) is 20.6. The van der Waals surface area contributed by atoms with Gasteiger partial charge in [0.1, 0.15) is 0 Å². The van der Waals surface area contributed by atoms with Crippen molar-refractivity contribution in [1.82, 2.24) is 0 Å². The fourth-order valence-electron chi connectivity index (χ4n) is 4.16. The van der Waals surface area contributed by atoms with E-state index in [0.717, 1.165) is 0 Å². The van der Waals surface area contributed by atoms with E-state index in [1.165, 1.54) is 140 Å². The summed E-state index contributed by atoms with van der Waals surface area (Å²) < 4.78 is 1.36. The maximum Gasteiger partial charge on any atom is 0.0814 e. The Hall–Kier alpha value is 0.0249. The molecule has 0 amide bonds. The highest BCUT2D eigenvalue weighted by Gasteiger charge is 2.20. The van der Waals surface area contributed by atoms with Crippen LogP contribution >= 0.6 is 0 Å². The van der Waals surface area contributed by atoms with Gasteiger partial charge in [0.15, 0.2) is 0 Å². The summed E-state index contributed by atoms with van der Waals surface area (Å²) in [7, 11) is 2.56. The zero-order valence-corrected chi connectivity index (χ0v) is 19.3. The standard InChI is InChI=1S/C25H54N.BH3/c1-5-8-11-14-17-20-23-26(4,24-21-18-15-12-9-6-2)25-22-19-16-13-10-7-3;/h5-25H2,1-4H3;1H3/q+1;. The van der Waals surface area contributed by atoms with Gasteiger partial charge < -0.3 is 4.48 Å². The van der Waals surface area contributed by atoms with E-state index in [4.69, 9.17) is 0 Å². The van der Waals surface area contributed by atoms with E-state index in [9.17, 15) is 0 Å². The number of nitrogens with zero attached hydrogens (tertiary/aromatic N) is 1. The van der Waals surface area contributed by atoms with Gasteiger partial charge in [-0.1, -0.05) is 97.8 Å². The Balaban J connectivity index is 0. The van der Waals surface area contributed by atoms with Gasteiger partial charge >= 0.3 is 0 Å². The first-order valence-electron chi connectivity index (χ1n) is 12.5. The molecule has 0 aromatic carbocycles. The van der Waals surface area contributed by atoms with Crippen LogP contribution < -0.4 is 0 Å². The third-order valence-corrected chi connectivity index (χ3v) is 6.15. The second-order valence-electron chi connectivity index (χ2n) is 9.09. The molecule has 0 spiro atoms. The van der Waals surface area contributed by atoms with E-state index in [1.54, 1.807) is 0 Å². The minimum atomic E-state index is 0. The zero-order chi connectivity index (χ0) is 19.3. The van der Waals surface area contributed by atoms with Crippen LogP contribution in [0.5, 0.6) is 0 Å². The minimum Gasteiger partial charge on any atom is -0.326 e. The molecule has 0 rings (SSSR count). The van der Waals surface area contributed by atoms with E-state index >= 15 is 0 Å². The van der Waals surface area contributed by atoms with Crippen LogP contribution in [0, 0.1) is 0 Å². The molecule has 0 unspecified atom stereocenters. The Morgan fingerprint density at radius 2 is 0.593 bits per heavy atom. The molecule has 1 nitrogen and oxygen atoms in total. The van der Waals surface area contributed by atoms with Crippen molar-refractivity contribution in [2.24, 2.45) is 0 Å². The highest BCUT2D eigenvalue weighted by atomic mass is 15.3. The SMILES string of the molecule is B.CCCCCCCC[N+](C)(CCCCCCCC)CCCCCCCC. The van der Waals surface area contributed by atoms with Crippen LogP contribution in [-0.4, -0.2) is 39.6 Å². The van der Waals surface area contributed by atoms with Gasteiger partial charge in [-0.25, -0.2) is 0 Å². The highest BCUT2D eigenvalue weighted by Crippen LogP contribution is 2.16. The third-order valence-electron chi connectivity index (χ3n) is 6.15. The van der Waals surface area contributed by atoms with Crippen molar-refractivity contribution in [3.8, 4) is 0 Å². The number of hydrogen-bond donors (Lipinski definition) is 0. The summed E-state index contributed by atoms with van der Waals surface area (Å²) in [6, 6.07) is 0. The van der Waals surface area contributed by atoms with Gasteiger partial charge in [0.25, 0.3) is 0 Å². The monoisotopic (exact) mass is 382 g/mol. The Labute approximate surface area is 176 Å². The molecule has 0 aliphatic heterocycles. The Morgan fingerprint density at radius 3 is 0.852 bits per heavy atom. The fourth-order valence-corrected chi connectivity index (χ4v) is 4.16. The fraction of sp³-hybridized carbons (Fsp3) is 1.00. The summed E-state index contributed by atoms with van der Waals surface area (Å²) >= 11 is 0. The summed E-state index contributed by atoms with van der Waals surface area (Å²) in [4.78, 5) is 0. The predicted molar refractivity (Wildman–Crippen MR) is 131 cm³/mol. The number of hydrogen-bond acceptors (Lipinski definition) is 0. The topological polar surface area (TPSA) is 0 Å². The number of quaternary nitrogens is 1. The molecule has 2 heteroatoms. The average Bonchev–Trinajstić information content (AvgIpc) is 2.64. The van der Waals surface area contributed by atoms with Crippen LogP contribution in [0.1, 0.15) is 136 Å². The average molecular weight is 383 g/mol. The Morgan fingerprint density at radius 1 is 0.370 bits per heavy atom. The highest BCUT2D eigenvalue weighted by molar-refractivity contribution is 5.75. The summed E-state index contributed by atoms with van der Waals surface area (Å²) in [5.41, 5.74) is 0. The quantitative estimate of drug-likeness (QED) is 0.111. The lowest BCUT2D eigenvalue weighted by Crippen LogP contribution is -2.46. The maximum absolute atomic E-state index is 2.56. The summed E-state index contributed by atoms with van der Waals surface area (Å²) in [6.07, 6.45) is 25.9. The maximum atomic E-state index is 2.56. The molecule has 0 fully saturated rings. The first-order chi connectivity index (χ1) is 12.7. The van der Waals surface area contributed by atoms with E-state index in [2.05, 4.69) is 27.8 Å². The molecule has 0 heterocycles. The second-order valence-corrected chi connectivity index (χ2v) is 9.09. The molecule has 0 aromatic heterocycles. The largest absolute Gasteiger partial charge is 0.326 e. The molecule has 0 N–H and O–H groups in total. The Bertz CT molecular complexity index is 226. The van der Waals surface area contributed by atoms with Crippen molar-refractivity contribution >= 4 is 8.41 Å². The minimum absolute atomic E-state index is 0. The van der Waals surface area contributed by atoms with Crippen LogP contribution in [0.4, 0.5) is 0 Å². The first kappa shape index (κ1) is 29.2. The first-order valence-corrected chi connectivity index (χ1v) is 12.5. The van der Waals surface area contributed by atoms with Crippen molar-refractivity contribution < 1.29 is 4.48 Å². The van der Waals surface area contributed by atoms with Crippen molar-refractivity contribution in [2.75, 3.05) is 26.7 Å². The normalized spacial score (nSPS) is 11.6. The molecule has 0 bridgehead atoms. The van der Waals surface area contributed by atoms with Gasteiger partial charge in [-0.2, -0.15) is 0 Å². The van der Waals surface area contributed by atoms with Gasteiger partial charge in [0.2, 0.25) is 0 Å². The summed E-state index contributed by atoms with van der Waals surface area (Å²) in [5.74, 6) is 0. The van der Waals surface area contributed by atoms with Crippen LogP contribution in [0.3, 0.4) is 0 Å². The molecular weight excluding hydrogens is 325 g/mol. The lowest BCUT2D eigenvalue weighted by molar-refractivity contribution is -0.910. The number of rotatable bonds is 21. The van der Waals surface area contributed by atoms with Crippen molar-refractivity contribution in [3.63, 3.8) is 0 Å². The van der Waals surface area contributed by atoms with Gasteiger partial charge in [0.05, 0.1) is 35.1 Å². The molecule has 0 saturated carbocycles. The van der Waals surface area contributed by atoms with Gasteiger partial charge in [-0.05, 0) is 38.5 Å². The molecular formula is C25H57BN+. The van der Waals surface area contributed by atoms with Crippen LogP contribution in [0.15, 0.2) is 0 Å². The molecule has 164 valence electrons. The Kier molecular flexibility index (Phi) is 24.2. The van der Waals surface area contributed by atoms with Crippen molar-refractivity contribution in [2.45, 2.75) is 136 Å². The van der Waals surface area contributed by atoms with E-state index in [0.29, 0.717) is 0 Å². The van der Waals surface area contributed by atoms with Crippen LogP contribution in [-0.2, 0) is 0 Å². The van der Waals surface area contributed by atoms with Gasteiger partial charge in [-0.3, -0.25) is 0 Å². The van der Waals surface area contributed by atoms with E-state index in [1.807, 2.05) is 0 Å². The van der Waals surface area contributed by atoms with Gasteiger partial charge in [0, 0.05) is 0 Å². The van der Waals surface area contributed by atoms with Crippen LogP contribution in [0.25, 0.3) is 0 Å². The molecule has 0 radical (unpaired) electrons. The van der Waals surface area contributed by atoms with Crippen LogP contribution in [0.2, 0.25) is 0 Å². The second kappa shape index (κ2) is 22.3. The molecule has 0 aromatic rings. The van der Waals surface area contributed by atoms with Crippen molar-refractivity contribution in [3.05, 3.63) is 0 Å². The lowest BCUT2D eigenvalue weighted by Gasteiger charge is -2.35. The molecule has 0 atom stereocenters. The molecule has 0 aliphatic carbocycles. The summed E-state index contributed by atoms with van der Waals surface area (Å²) in [6.45, 7) is 11.2. The van der Waals surface area contributed by atoms with E-state index in [-0.39, 0.29) is 8.41 Å². The zero-order valence-electron chi connectivity index (χ0n) is 19.3. The number of unbranched alkanes of at least 4 members (excludes halogenated alkanes) is 15. The molecule has 27 heavy (non-hydrogen) atoms.